The summed E-state index contributed by atoms with van der Waals surface area (Å²) in [6.07, 6.45) is 3.68. The molecule has 1 aliphatic heterocycles. The first-order valence-corrected chi connectivity index (χ1v) is 8.48. The maximum absolute atomic E-state index is 6.26. The highest BCUT2D eigenvalue weighted by Crippen LogP contribution is 2.39. The number of nitrogens with one attached hydrogen (secondary N) is 1. The van der Waals surface area contributed by atoms with Crippen LogP contribution in [0.5, 0.6) is 0 Å². The number of halogens is 1. The third-order valence-corrected chi connectivity index (χ3v) is 5.02. The van der Waals surface area contributed by atoms with Gasteiger partial charge < -0.3 is 10.1 Å². The summed E-state index contributed by atoms with van der Waals surface area (Å²) < 4.78 is 5.37. The van der Waals surface area contributed by atoms with Crippen LogP contribution in [0.4, 0.5) is 0 Å². The third kappa shape index (κ3) is 4.19. The van der Waals surface area contributed by atoms with E-state index >= 15 is 0 Å². The molecular formula is C17H25ClN2O. The van der Waals surface area contributed by atoms with Crippen LogP contribution in [-0.4, -0.2) is 50.3 Å². The molecule has 21 heavy (non-hydrogen) atoms. The molecule has 1 aromatic rings. The Morgan fingerprint density at radius 3 is 2.71 bits per heavy atom. The first-order chi connectivity index (χ1) is 10.3. The first kappa shape index (κ1) is 15.3. The Balaban J connectivity index is 1.30. The molecule has 4 heteroatoms. The molecule has 1 heterocycles. The summed E-state index contributed by atoms with van der Waals surface area (Å²) in [5, 5.41) is 4.60. The number of rotatable bonds is 6. The summed E-state index contributed by atoms with van der Waals surface area (Å²) in [6, 6.07) is 8.94. The second-order valence-electron chi connectivity index (χ2n) is 6.15. The van der Waals surface area contributed by atoms with Gasteiger partial charge in [0, 0.05) is 24.2 Å². The van der Waals surface area contributed by atoms with Crippen molar-refractivity contribution in [3.8, 4) is 0 Å². The van der Waals surface area contributed by atoms with E-state index in [1.807, 2.05) is 12.1 Å². The van der Waals surface area contributed by atoms with E-state index in [9.17, 15) is 0 Å². The monoisotopic (exact) mass is 308 g/mol. The molecule has 2 fully saturated rings. The highest BCUT2D eigenvalue weighted by Gasteiger charge is 2.30. The van der Waals surface area contributed by atoms with Crippen molar-refractivity contribution < 1.29 is 4.74 Å². The van der Waals surface area contributed by atoms with E-state index in [2.05, 4.69) is 22.3 Å². The zero-order valence-corrected chi connectivity index (χ0v) is 13.3. The summed E-state index contributed by atoms with van der Waals surface area (Å²) in [5.41, 5.74) is 1.32. The van der Waals surface area contributed by atoms with E-state index < -0.39 is 0 Å². The molecule has 0 bridgehead atoms. The smallest absolute Gasteiger partial charge is 0.0594 e. The fourth-order valence-corrected chi connectivity index (χ4v) is 3.57. The van der Waals surface area contributed by atoms with Crippen LogP contribution in [0.2, 0.25) is 5.02 Å². The lowest BCUT2D eigenvalue weighted by atomic mass is 9.76. The minimum atomic E-state index is 0.649. The van der Waals surface area contributed by atoms with Gasteiger partial charge in [-0.15, -0.1) is 0 Å². The molecular weight excluding hydrogens is 284 g/mol. The second kappa shape index (κ2) is 7.59. The summed E-state index contributed by atoms with van der Waals surface area (Å²) in [5.74, 6) is 0.649. The summed E-state index contributed by atoms with van der Waals surface area (Å²) in [7, 11) is 0. The lowest BCUT2D eigenvalue weighted by molar-refractivity contribution is 0.0372. The second-order valence-corrected chi connectivity index (χ2v) is 6.56. The van der Waals surface area contributed by atoms with E-state index in [4.69, 9.17) is 16.3 Å². The van der Waals surface area contributed by atoms with Gasteiger partial charge in [-0.25, -0.2) is 0 Å². The quantitative estimate of drug-likeness (QED) is 0.818. The van der Waals surface area contributed by atoms with Crippen molar-refractivity contribution in [1.29, 1.82) is 0 Å². The number of benzene rings is 1. The van der Waals surface area contributed by atoms with E-state index in [1.54, 1.807) is 0 Å². The molecule has 3 nitrogen and oxygen atoms in total. The topological polar surface area (TPSA) is 24.5 Å². The number of ether oxygens (including phenoxy) is 1. The van der Waals surface area contributed by atoms with Crippen molar-refractivity contribution in [1.82, 2.24) is 10.2 Å². The van der Waals surface area contributed by atoms with Crippen LogP contribution in [0.25, 0.3) is 0 Å². The fraction of sp³-hybridized carbons (Fsp3) is 0.647. The Labute approximate surface area is 132 Å². The van der Waals surface area contributed by atoms with Gasteiger partial charge in [-0.05, 0) is 49.9 Å². The maximum Gasteiger partial charge on any atom is 0.0594 e. The average Bonchev–Trinajstić information content (AvgIpc) is 2.47. The Morgan fingerprint density at radius 2 is 1.95 bits per heavy atom. The maximum atomic E-state index is 6.26. The van der Waals surface area contributed by atoms with Crippen LogP contribution in [0, 0.1) is 0 Å². The van der Waals surface area contributed by atoms with Gasteiger partial charge >= 0.3 is 0 Å². The van der Waals surface area contributed by atoms with Crippen molar-refractivity contribution in [2.45, 2.75) is 31.2 Å². The molecule has 1 saturated heterocycles. The summed E-state index contributed by atoms with van der Waals surface area (Å²) >= 11 is 6.26. The minimum absolute atomic E-state index is 0.649. The SMILES string of the molecule is Clc1ccccc1C1CC(NCCCN2CCOCC2)C1. The van der Waals surface area contributed by atoms with Crippen LogP contribution in [-0.2, 0) is 4.74 Å². The molecule has 0 amide bonds. The number of morpholine rings is 1. The Kier molecular flexibility index (Phi) is 5.53. The fourth-order valence-electron chi connectivity index (χ4n) is 3.28. The number of hydrogen-bond donors (Lipinski definition) is 1. The molecule has 3 rings (SSSR count). The average molecular weight is 309 g/mol. The van der Waals surface area contributed by atoms with Crippen LogP contribution in [0.15, 0.2) is 24.3 Å². The van der Waals surface area contributed by atoms with E-state index in [-0.39, 0.29) is 0 Å². The predicted molar refractivity (Wildman–Crippen MR) is 87.1 cm³/mol. The molecule has 1 aliphatic carbocycles. The highest BCUT2D eigenvalue weighted by molar-refractivity contribution is 6.31. The van der Waals surface area contributed by atoms with E-state index in [1.165, 1.54) is 31.4 Å². The van der Waals surface area contributed by atoms with Crippen molar-refractivity contribution in [3.63, 3.8) is 0 Å². The lowest BCUT2D eigenvalue weighted by Gasteiger charge is -2.37. The third-order valence-electron chi connectivity index (χ3n) is 4.67. The van der Waals surface area contributed by atoms with Crippen molar-refractivity contribution in [2.75, 3.05) is 39.4 Å². The van der Waals surface area contributed by atoms with Gasteiger partial charge in [0.25, 0.3) is 0 Å². The molecule has 0 radical (unpaired) electrons. The molecule has 1 aromatic carbocycles. The molecule has 1 N–H and O–H groups in total. The zero-order chi connectivity index (χ0) is 14.5. The Hall–Kier alpha value is -0.610. The standard InChI is InChI=1S/C17H25ClN2O/c18-17-5-2-1-4-16(17)14-12-15(13-14)19-6-3-7-20-8-10-21-11-9-20/h1-2,4-5,14-15,19H,3,6-13H2. The zero-order valence-electron chi connectivity index (χ0n) is 12.6. The highest BCUT2D eigenvalue weighted by atomic mass is 35.5. The molecule has 0 unspecified atom stereocenters. The van der Waals surface area contributed by atoms with Gasteiger partial charge in [0.05, 0.1) is 13.2 Å². The van der Waals surface area contributed by atoms with E-state index in [0.717, 1.165) is 37.9 Å². The first-order valence-electron chi connectivity index (χ1n) is 8.11. The van der Waals surface area contributed by atoms with Gasteiger partial charge in [-0.1, -0.05) is 29.8 Å². The largest absolute Gasteiger partial charge is 0.379 e. The van der Waals surface area contributed by atoms with Crippen molar-refractivity contribution in [3.05, 3.63) is 34.9 Å². The Morgan fingerprint density at radius 1 is 1.19 bits per heavy atom. The summed E-state index contributed by atoms with van der Waals surface area (Å²) in [4.78, 5) is 2.50. The van der Waals surface area contributed by atoms with Gasteiger partial charge in [0.2, 0.25) is 0 Å². The van der Waals surface area contributed by atoms with Gasteiger partial charge in [0.15, 0.2) is 0 Å². The van der Waals surface area contributed by atoms with Crippen molar-refractivity contribution >= 4 is 11.6 Å². The Bertz CT molecular complexity index is 442. The molecule has 2 aliphatic rings. The number of hydrogen-bond acceptors (Lipinski definition) is 3. The van der Waals surface area contributed by atoms with Crippen molar-refractivity contribution in [2.24, 2.45) is 0 Å². The number of nitrogens with zero attached hydrogens (tertiary/aromatic N) is 1. The molecule has 116 valence electrons. The van der Waals surface area contributed by atoms with Gasteiger partial charge in [-0.3, -0.25) is 4.90 Å². The van der Waals surface area contributed by atoms with Crippen LogP contribution in [0.3, 0.4) is 0 Å². The summed E-state index contributed by atoms with van der Waals surface area (Å²) in [6.45, 7) is 6.30. The van der Waals surface area contributed by atoms with Crippen LogP contribution >= 0.6 is 11.6 Å². The van der Waals surface area contributed by atoms with Crippen LogP contribution < -0.4 is 5.32 Å². The predicted octanol–water partition coefficient (Wildman–Crippen LogP) is 2.90. The molecule has 1 saturated carbocycles. The lowest BCUT2D eigenvalue weighted by Crippen LogP contribution is -2.42. The molecule has 0 spiro atoms. The van der Waals surface area contributed by atoms with Gasteiger partial charge in [-0.2, -0.15) is 0 Å². The molecule has 0 atom stereocenters. The van der Waals surface area contributed by atoms with Crippen LogP contribution in [0.1, 0.15) is 30.7 Å². The van der Waals surface area contributed by atoms with E-state index in [0.29, 0.717) is 12.0 Å². The normalized spacial score (nSPS) is 26.5. The minimum Gasteiger partial charge on any atom is -0.379 e. The van der Waals surface area contributed by atoms with Gasteiger partial charge in [0.1, 0.15) is 0 Å². The molecule has 0 aromatic heterocycles.